The summed E-state index contributed by atoms with van der Waals surface area (Å²) < 4.78 is 0. The molecule has 7 nitrogen and oxygen atoms in total. The second kappa shape index (κ2) is 10.4. The summed E-state index contributed by atoms with van der Waals surface area (Å²) in [6, 6.07) is 12.1. The normalized spacial score (nSPS) is 17.9. The molecule has 3 N–H and O–H groups in total. The SMILES string of the molecule is CC1C(CN2CCC(c3ccc(C(=O)N(C)C)cc3)CC2)=Cc2c(-c3cnc(N)c(CO)c3)ccnc21. The zero-order valence-corrected chi connectivity index (χ0v) is 21.8. The highest BCUT2D eigenvalue weighted by Crippen LogP contribution is 2.40. The van der Waals surface area contributed by atoms with Crippen LogP contribution in [0.3, 0.4) is 0 Å². The standard InChI is InChI=1S/C30H35N5O2/c1-19-24(15-27-26(8-11-32-28(19)27)23-14-25(18-36)29(31)33-16-23)17-35-12-9-21(10-13-35)20-4-6-22(7-5-20)30(37)34(2)3/h4-8,11,14-16,19,21,36H,9-10,12-13,17-18H2,1-3H3,(H2,31,33). The van der Waals surface area contributed by atoms with Crippen LogP contribution < -0.4 is 5.73 Å². The van der Waals surface area contributed by atoms with Crippen LogP contribution in [-0.4, -0.2) is 64.5 Å². The summed E-state index contributed by atoms with van der Waals surface area (Å²) in [5.74, 6) is 1.19. The van der Waals surface area contributed by atoms with Gasteiger partial charge >= 0.3 is 0 Å². The predicted molar refractivity (Wildman–Crippen MR) is 147 cm³/mol. The van der Waals surface area contributed by atoms with Crippen LogP contribution in [0.4, 0.5) is 5.82 Å². The molecule has 192 valence electrons. The summed E-state index contributed by atoms with van der Waals surface area (Å²) in [5.41, 5.74) is 14.2. The van der Waals surface area contributed by atoms with Crippen molar-refractivity contribution in [3.63, 3.8) is 0 Å². The van der Waals surface area contributed by atoms with E-state index in [1.165, 1.54) is 11.1 Å². The van der Waals surface area contributed by atoms with Gasteiger partial charge in [0.25, 0.3) is 5.91 Å². The average Bonchev–Trinajstić information content (AvgIpc) is 3.24. The minimum absolute atomic E-state index is 0.0421. The first-order chi connectivity index (χ1) is 17.9. The molecule has 0 radical (unpaired) electrons. The van der Waals surface area contributed by atoms with Crippen LogP contribution in [0.25, 0.3) is 17.2 Å². The fourth-order valence-corrected chi connectivity index (χ4v) is 5.54. The van der Waals surface area contributed by atoms with Crippen LogP contribution in [0.15, 0.2) is 54.4 Å². The molecule has 2 aliphatic rings. The third-order valence-electron chi connectivity index (χ3n) is 7.83. The number of piperidine rings is 1. The maximum atomic E-state index is 12.2. The molecule has 5 rings (SSSR count). The van der Waals surface area contributed by atoms with Crippen molar-refractivity contribution in [1.82, 2.24) is 19.8 Å². The van der Waals surface area contributed by atoms with Crippen molar-refractivity contribution in [2.45, 2.75) is 38.2 Å². The van der Waals surface area contributed by atoms with Crippen molar-refractivity contribution in [3.05, 3.63) is 82.3 Å². The molecule has 0 spiro atoms. The Morgan fingerprint density at radius 1 is 1.14 bits per heavy atom. The number of amides is 1. The highest BCUT2D eigenvalue weighted by atomic mass is 16.3. The molecule has 1 fully saturated rings. The van der Waals surface area contributed by atoms with Crippen molar-refractivity contribution in [2.75, 3.05) is 39.5 Å². The highest BCUT2D eigenvalue weighted by molar-refractivity contribution is 5.93. The van der Waals surface area contributed by atoms with Gasteiger partial charge in [-0.3, -0.25) is 14.7 Å². The zero-order valence-electron chi connectivity index (χ0n) is 21.8. The largest absolute Gasteiger partial charge is 0.392 e. The van der Waals surface area contributed by atoms with Gasteiger partial charge in [0.15, 0.2) is 0 Å². The van der Waals surface area contributed by atoms with Gasteiger partial charge in [-0.15, -0.1) is 0 Å². The third kappa shape index (κ3) is 5.02. The number of aromatic nitrogens is 2. The topological polar surface area (TPSA) is 95.6 Å². The molecular formula is C30H35N5O2. The number of rotatable bonds is 6. The Balaban J connectivity index is 1.26. The summed E-state index contributed by atoms with van der Waals surface area (Å²) in [7, 11) is 3.56. The fraction of sp³-hybridized carbons (Fsp3) is 0.367. The summed E-state index contributed by atoms with van der Waals surface area (Å²) in [4.78, 5) is 25.3. The number of anilines is 1. The molecule has 37 heavy (non-hydrogen) atoms. The zero-order chi connectivity index (χ0) is 26.1. The monoisotopic (exact) mass is 497 g/mol. The van der Waals surface area contributed by atoms with E-state index in [-0.39, 0.29) is 18.4 Å². The molecular weight excluding hydrogens is 462 g/mol. The predicted octanol–water partition coefficient (Wildman–Crippen LogP) is 4.30. The van der Waals surface area contributed by atoms with Crippen molar-refractivity contribution < 1.29 is 9.90 Å². The molecule has 3 heterocycles. The number of fused-ring (bicyclic) bond motifs is 1. The molecule has 2 aromatic heterocycles. The molecule has 1 saturated heterocycles. The minimum Gasteiger partial charge on any atom is -0.392 e. The van der Waals surface area contributed by atoms with Gasteiger partial charge in [0.05, 0.1) is 12.3 Å². The first-order valence-corrected chi connectivity index (χ1v) is 12.9. The first kappa shape index (κ1) is 25.1. The van der Waals surface area contributed by atoms with E-state index in [1.54, 1.807) is 25.2 Å². The second-order valence-electron chi connectivity index (χ2n) is 10.4. The number of nitrogen functional groups attached to an aromatic ring is 1. The molecule has 0 bridgehead atoms. The molecule has 1 aliphatic heterocycles. The second-order valence-corrected chi connectivity index (χ2v) is 10.4. The molecule has 3 aromatic rings. The number of carbonyl (C=O) groups excluding carboxylic acids is 1. The maximum absolute atomic E-state index is 12.2. The van der Waals surface area contributed by atoms with Crippen molar-refractivity contribution >= 4 is 17.8 Å². The molecule has 1 atom stereocenters. The summed E-state index contributed by atoms with van der Waals surface area (Å²) in [5, 5.41) is 9.63. The lowest BCUT2D eigenvalue weighted by Crippen LogP contribution is -2.34. The first-order valence-electron chi connectivity index (χ1n) is 12.9. The van der Waals surface area contributed by atoms with Crippen LogP contribution in [0.2, 0.25) is 0 Å². The average molecular weight is 498 g/mol. The van der Waals surface area contributed by atoms with E-state index in [4.69, 9.17) is 10.7 Å². The van der Waals surface area contributed by atoms with E-state index < -0.39 is 0 Å². The molecule has 1 amide bonds. The van der Waals surface area contributed by atoms with Crippen molar-refractivity contribution in [1.29, 1.82) is 0 Å². The Bertz CT molecular complexity index is 1320. The van der Waals surface area contributed by atoms with E-state index in [1.807, 2.05) is 30.5 Å². The molecule has 1 unspecified atom stereocenters. The highest BCUT2D eigenvalue weighted by Gasteiger charge is 2.28. The van der Waals surface area contributed by atoms with Gasteiger partial charge in [-0.2, -0.15) is 0 Å². The molecule has 1 aliphatic carbocycles. The lowest BCUT2D eigenvalue weighted by molar-refractivity contribution is 0.0827. The number of hydrogen-bond donors (Lipinski definition) is 2. The number of carbonyl (C=O) groups is 1. The van der Waals surface area contributed by atoms with E-state index in [9.17, 15) is 9.90 Å². The Morgan fingerprint density at radius 2 is 1.86 bits per heavy atom. The number of nitrogens with zero attached hydrogens (tertiary/aromatic N) is 4. The Labute approximate surface area is 218 Å². The Morgan fingerprint density at radius 3 is 2.54 bits per heavy atom. The minimum atomic E-state index is -0.133. The number of aliphatic hydroxyl groups is 1. The number of nitrogens with two attached hydrogens (primary N) is 1. The van der Waals surface area contributed by atoms with Crippen molar-refractivity contribution in [3.8, 4) is 11.1 Å². The molecule has 7 heteroatoms. The lowest BCUT2D eigenvalue weighted by Gasteiger charge is -2.33. The fourth-order valence-electron chi connectivity index (χ4n) is 5.54. The van der Waals surface area contributed by atoms with E-state index >= 15 is 0 Å². The number of aliphatic hydroxyl groups excluding tert-OH is 1. The number of benzene rings is 1. The number of pyridine rings is 2. The van der Waals surface area contributed by atoms with E-state index in [0.717, 1.165) is 60.4 Å². The Hall–Kier alpha value is -3.55. The molecule has 1 aromatic carbocycles. The van der Waals surface area contributed by atoms with Gasteiger partial charge < -0.3 is 15.7 Å². The van der Waals surface area contributed by atoms with Gasteiger partial charge in [-0.25, -0.2) is 4.98 Å². The van der Waals surface area contributed by atoms with E-state index in [0.29, 0.717) is 17.3 Å². The number of hydrogen-bond acceptors (Lipinski definition) is 6. The van der Waals surface area contributed by atoms with Crippen molar-refractivity contribution in [2.24, 2.45) is 0 Å². The van der Waals surface area contributed by atoms with Gasteiger partial charge in [0.1, 0.15) is 5.82 Å². The van der Waals surface area contributed by atoms with Crippen LogP contribution in [-0.2, 0) is 6.61 Å². The quantitative estimate of drug-likeness (QED) is 0.527. The maximum Gasteiger partial charge on any atom is 0.253 e. The van der Waals surface area contributed by atoms with Crippen LogP contribution >= 0.6 is 0 Å². The van der Waals surface area contributed by atoms with Gasteiger partial charge in [0.2, 0.25) is 0 Å². The lowest BCUT2D eigenvalue weighted by atomic mass is 9.88. The summed E-state index contributed by atoms with van der Waals surface area (Å²) in [6.45, 7) is 5.13. The van der Waals surface area contributed by atoms with Crippen LogP contribution in [0, 0.1) is 0 Å². The van der Waals surface area contributed by atoms with E-state index in [2.05, 4.69) is 35.0 Å². The van der Waals surface area contributed by atoms with Crippen LogP contribution in [0.5, 0.6) is 0 Å². The van der Waals surface area contributed by atoms with Gasteiger partial charge in [0, 0.05) is 61.2 Å². The van der Waals surface area contributed by atoms with Gasteiger partial charge in [-0.1, -0.05) is 25.1 Å². The third-order valence-corrected chi connectivity index (χ3v) is 7.83. The van der Waals surface area contributed by atoms with Gasteiger partial charge in [-0.05, 0) is 72.8 Å². The Kier molecular flexibility index (Phi) is 7.09. The van der Waals surface area contributed by atoms with Crippen LogP contribution in [0.1, 0.15) is 64.3 Å². The summed E-state index contributed by atoms with van der Waals surface area (Å²) in [6.07, 6.45) is 8.15. The number of likely N-dealkylation sites (tertiary alicyclic amines) is 1. The summed E-state index contributed by atoms with van der Waals surface area (Å²) >= 11 is 0. The smallest absolute Gasteiger partial charge is 0.253 e. The molecule has 0 saturated carbocycles.